The maximum atomic E-state index is 14.1. The van der Waals surface area contributed by atoms with Crippen LogP contribution >= 0.6 is 15.9 Å². The van der Waals surface area contributed by atoms with Gasteiger partial charge < -0.3 is 29.7 Å². The number of β-amino-alcohol motifs (C(OH)–C–C–N with tert-alkyl or cyclic N) is 1. The number of aliphatic hydroxyl groups is 1. The third-order valence-electron chi connectivity index (χ3n) is 7.96. The molecule has 0 aliphatic carbocycles. The number of hydrogen-bond acceptors (Lipinski definition) is 7. The Labute approximate surface area is 239 Å². The van der Waals surface area contributed by atoms with Gasteiger partial charge in [-0.15, -0.1) is 13.2 Å². The molecule has 3 aliphatic heterocycles. The monoisotopic (exact) mass is 611 g/mol. The summed E-state index contributed by atoms with van der Waals surface area (Å²) in [6, 6.07) is -1.07. The number of aliphatic hydroxyl groups excluding tert-OH is 1. The van der Waals surface area contributed by atoms with Crippen molar-refractivity contribution in [3.63, 3.8) is 0 Å². The highest BCUT2D eigenvalue weighted by atomic mass is 79.9. The van der Waals surface area contributed by atoms with Crippen molar-refractivity contribution in [1.29, 1.82) is 0 Å². The molecule has 10 nitrogen and oxygen atoms in total. The van der Waals surface area contributed by atoms with Crippen LogP contribution in [0.2, 0.25) is 0 Å². The van der Waals surface area contributed by atoms with Crippen molar-refractivity contribution in [2.45, 2.75) is 87.6 Å². The first-order valence-electron chi connectivity index (χ1n) is 13.8. The van der Waals surface area contributed by atoms with Crippen LogP contribution in [0, 0.1) is 11.8 Å². The van der Waals surface area contributed by atoms with Gasteiger partial charge in [0, 0.05) is 30.4 Å². The third-order valence-corrected chi connectivity index (χ3v) is 8.81. The van der Waals surface area contributed by atoms with E-state index in [1.807, 2.05) is 13.8 Å². The van der Waals surface area contributed by atoms with Gasteiger partial charge in [0.1, 0.15) is 17.7 Å². The molecule has 3 rings (SSSR count). The molecule has 2 N–H and O–H groups in total. The predicted molar refractivity (Wildman–Crippen MR) is 149 cm³/mol. The Hall–Kier alpha value is -2.24. The van der Waals surface area contributed by atoms with Crippen LogP contribution in [-0.4, -0.2) is 99.6 Å². The van der Waals surface area contributed by atoms with Gasteiger partial charge in [-0.2, -0.15) is 0 Å². The number of halogens is 1. The van der Waals surface area contributed by atoms with Gasteiger partial charge in [-0.05, 0) is 33.1 Å². The molecule has 11 heteroatoms. The molecule has 2 bridgehead atoms. The SMILES string of the molecule is C=CCCC(=O)NC[C@@H](C)OC(=O)[C@@H]1[C@H]2O[C@@]3(CC2Br)[C@H](C(=O)N(CC=C)C(C)CCC)N(CCO)C(=O)[C@@H]13. The van der Waals surface area contributed by atoms with E-state index in [9.17, 15) is 24.3 Å². The highest BCUT2D eigenvalue weighted by molar-refractivity contribution is 9.09. The predicted octanol–water partition coefficient (Wildman–Crippen LogP) is 1.94. The molecule has 3 saturated heterocycles. The summed E-state index contributed by atoms with van der Waals surface area (Å²) in [5.74, 6) is -3.27. The largest absolute Gasteiger partial charge is 0.460 e. The third kappa shape index (κ3) is 6.10. The molecular weight excluding hydrogens is 570 g/mol. The van der Waals surface area contributed by atoms with Gasteiger partial charge in [0.15, 0.2) is 0 Å². The average molecular weight is 613 g/mol. The molecular formula is C28H42BrN3O7. The molecule has 1 spiro atoms. The lowest BCUT2D eigenvalue weighted by Gasteiger charge is -2.39. The Morgan fingerprint density at radius 2 is 2.05 bits per heavy atom. The van der Waals surface area contributed by atoms with Crippen molar-refractivity contribution < 1.29 is 33.8 Å². The zero-order valence-corrected chi connectivity index (χ0v) is 24.7. The summed E-state index contributed by atoms with van der Waals surface area (Å²) >= 11 is 3.63. The normalized spacial score (nSPS) is 30.4. The lowest BCUT2D eigenvalue weighted by Crippen LogP contribution is -2.58. The zero-order chi connectivity index (χ0) is 28.9. The second kappa shape index (κ2) is 13.4. The number of rotatable bonds is 15. The quantitative estimate of drug-likeness (QED) is 0.165. The van der Waals surface area contributed by atoms with Gasteiger partial charge in [0.25, 0.3) is 0 Å². The number of carbonyl (C=O) groups is 4. The zero-order valence-electron chi connectivity index (χ0n) is 23.1. The second-order valence-electron chi connectivity index (χ2n) is 10.7. The van der Waals surface area contributed by atoms with E-state index in [1.54, 1.807) is 24.0 Å². The molecule has 0 saturated carbocycles. The number of amides is 3. The first kappa shape index (κ1) is 31.3. The second-order valence-corrected chi connectivity index (χ2v) is 11.9. The summed E-state index contributed by atoms with van der Waals surface area (Å²) < 4.78 is 12.1. The topological polar surface area (TPSA) is 125 Å². The maximum Gasteiger partial charge on any atom is 0.312 e. The number of nitrogens with zero attached hydrogens (tertiary/aromatic N) is 2. The molecule has 0 aromatic carbocycles. The number of ether oxygens (including phenoxy) is 2. The van der Waals surface area contributed by atoms with Gasteiger partial charge in [-0.25, -0.2) is 0 Å². The molecule has 3 heterocycles. The van der Waals surface area contributed by atoms with E-state index in [4.69, 9.17) is 9.47 Å². The van der Waals surface area contributed by atoms with Gasteiger partial charge in [-0.3, -0.25) is 19.2 Å². The number of carbonyl (C=O) groups excluding carboxylic acids is 4. The Morgan fingerprint density at radius 3 is 2.67 bits per heavy atom. The summed E-state index contributed by atoms with van der Waals surface area (Å²) in [5.41, 5.74) is -1.22. The van der Waals surface area contributed by atoms with Crippen molar-refractivity contribution in [1.82, 2.24) is 15.1 Å². The van der Waals surface area contributed by atoms with Crippen molar-refractivity contribution in [2.24, 2.45) is 11.8 Å². The van der Waals surface area contributed by atoms with Crippen molar-refractivity contribution >= 4 is 39.6 Å². The van der Waals surface area contributed by atoms with E-state index in [-0.39, 0.29) is 42.4 Å². The first-order valence-corrected chi connectivity index (χ1v) is 14.7. The van der Waals surface area contributed by atoms with Crippen LogP contribution in [-0.2, 0) is 28.7 Å². The number of likely N-dealkylation sites (tertiary alicyclic amines) is 1. The minimum Gasteiger partial charge on any atom is -0.460 e. The van der Waals surface area contributed by atoms with Gasteiger partial charge >= 0.3 is 5.97 Å². The van der Waals surface area contributed by atoms with Crippen molar-refractivity contribution in [2.75, 3.05) is 26.2 Å². The number of nitrogens with one attached hydrogen (secondary N) is 1. The molecule has 3 fully saturated rings. The van der Waals surface area contributed by atoms with E-state index in [1.165, 1.54) is 4.90 Å². The lowest BCUT2D eigenvalue weighted by atomic mass is 9.70. The Bertz CT molecular complexity index is 961. The molecule has 3 amide bonds. The lowest BCUT2D eigenvalue weighted by molar-refractivity contribution is -0.159. The molecule has 8 atom stereocenters. The smallest absolute Gasteiger partial charge is 0.312 e. The molecule has 2 unspecified atom stereocenters. The summed E-state index contributed by atoms with van der Waals surface area (Å²) in [7, 11) is 0. The van der Waals surface area contributed by atoms with E-state index in [2.05, 4.69) is 34.4 Å². The number of allylic oxidation sites excluding steroid dienone is 1. The van der Waals surface area contributed by atoms with Crippen LogP contribution < -0.4 is 5.32 Å². The standard InChI is InChI=1S/C28H42BrN3O7/c1-6-9-11-20(34)30-16-18(5)38-27(37)21-22-25(35)32(13-14-33)24(28(22)15-19(29)23(21)39-28)26(36)31(12-8-3)17(4)10-7-2/h6,8,17-19,21-24,33H,1,3,7,9-16H2,2,4-5H3,(H,30,34)/t17?,18-,19?,21+,22-,23+,24+,28-/m1/s1. The van der Waals surface area contributed by atoms with E-state index in [0.29, 0.717) is 25.8 Å². The van der Waals surface area contributed by atoms with Crippen molar-refractivity contribution in [3.8, 4) is 0 Å². The van der Waals surface area contributed by atoms with Gasteiger partial charge in [-0.1, -0.05) is 41.4 Å². The Balaban J connectivity index is 1.86. The molecule has 0 aromatic heterocycles. The van der Waals surface area contributed by atoms with Crippen LogP contribution in [0.1, 0.15) is 52.9 Å². The van der Waals surface area contributed by atoms with Gasteiger partial charge in [0.2, 0.25) is 17.7 Å². The van der Waals surface area contributed by atoms with Gasteiger partial charge in [0.05, 0.1) is 31.1 Å². The number of esters is 1. The summed E-state index contributed by atoms with van der Waals surface area (Å²) in [5, 5.41) is 12.5. The minimum atomic E-state index is -1.22. The number of fused-ring (bicyclic) bond motifs is 1. The van der Waals surface area contributed by atoms with E-state index < -0.39 is 47.6 Å². The van der Waals surface area contributed by atoms with E-state index in [0.717, 1.165) is 12.8 Å². The summed E-state index contributed by atoms with van der Waals surface area (Å²) in [6.07, 6.45) is 4.90. The molecule has 0 radical (unpaired) electrons. The highest BCUT2D eigenvalue weighted by Gasteiger charge is 2.77. The fourth-order valence-electron chi connectivity index (χ4n) is 6.28. The maximum absolute atomic E-state index is 14.1. The molecule has 0 aromatic rings. The van der Waals surface area contributed by atoms with Crippen LogP contribution in [0.25, 0.3) is 0 Å². The molecule has 3 aliphatic rings. The fourth-order valence-corrected chi connectivity index (χ4v) is 7.22. The molecule has 39 heavy (non-hydrogen) atoms. The highest BCUT2D eigenvalue weighted by Crippen LogP contribution is 2.60. The van der Waals surface area contributed by atoms with Crippen LogP contribution in [0.15, 0.2) is 25.3 Å². The van der Waals surface area contributed by atoms with E-state index >= 15 is 0 Å². The number of hydrogen-bond donors (Lipinski definition) is 2. The van der Waals surface area contributed by atoms with Crippen LogP contribution in [0.4, 0.5) is 0 Å². The average Bonchev–Trinajstić information content (AvgIpc) is 3.48. The summed E-state index contributed by atoms with van der Waals surface area (Å²) in [6.45, 7) is 13.1. The molecule has 218 valence electrons. The summed E-state index contributed by atoms with van der Waals surface area (Å²) in [4.78, 5) is 56.2. The Morgan fingerprint density at radius 1 is 1.33 bits per heavy atom. The minimum absolute atomic E-state index is 0.0481. The Kier molecular flexibility index (Phi) is 10.8. The van der Waals surface area contributed by atoms with Crippen LogP contribution in [0.5, 0.6) is 0 Å². The first-order chi connectivity index (χ1) is 18.6. The van der Waals surface area contributed by atoms with Crippen LogP contribution in [0.3, 0.4) is 0 Å². The van der Waals surface area contributed by atoms with Crippen molar-refractivity contribution in [3.05, 3.63) is 25.3 Å². The fraction of sp³-hybridized carbons (Fsp3) is 0.714. The number of alkyl halides is 1.